The molecule has 1 aliphatic rings. The van der Waals surface area contributed by atoms with Gasteiger partial charge in [-0.15, -0.1) is 0 Å². The van der Waals surface area contributed by atoms with Crippen molar-refractivity contribution in [3.05, 3.63) is 0 Å². The van der Waals surface area contributed by atoms with Gasteiger partial charge in [-0.3, -0.25) is 15.0 Å². The van der Waals surface area contributed by atoms with Crippen molar-refractivity contribution in [1.29, 1.82) is 0 Å². The predicted octanol–water partition coefficient (Wildman–Crippen LogP) is 0.281. The lowest BCUT2D eigenvalue weighted by Gasteiger charge is -2.31. The zero-order valence-corrected chi connectivity index (χ0v) is 11.9. The number of piperidine rings is 1. The van der Waals surface area contributed by atoms with E-state index < -0.39 is 6.03 Å². The van der Waals surface area contributed by atoms with Crippen LogP contribution in [0.5, 0.6) is 0 Å². The van der Waals surface area contributed by atoms with Crippen LogP contribution in [-0.2, 0) is 4.79 Å². The van der Waals surface area contributed by atoms with Gasteiger partial charge < -0.3 is 11.1 Å². The van der Waals surface area contributed by atoms with Crippen LogP contribution in [-0.4, -0.2) is 49.1 Å². The maximum absolute atomic E-state index is 11.7. The Kier molecular flexibility index (Phi) is 6.80. The number of nitrogens with one attached hydrogen (secondary N) is 2. The van der Waals surface area contributed by atoms with E-state index in [0.717, 1.165) is 25.9 Å². The van der Waals surface area contributed by atoms with E-state index >= 15 is 0 Å². The van der Waals surface area contributed by atoms with E-state index in [9.17, 15) is 9.59 Å². The van der Waals surface area contributed by atoms with Crippen LogP contribution in [0.1, 0.15) is 33.1 Å². The Morgan fingerprint density at radius 1 is 1.42 bits per heavy atom. The number of nitrogens with zero attached hydrogens (tertiary/aromatic N) is 1. The van der Waals surface area contributed by atoms with E-state index in [4.69, 9.17) is 5.73 Å². The number of hydrogen-bond donors (Lipinski definition) is 3. The lowest BCUT2D eigenvalue weighted by atomic mass is 9.95. The Morgan fingerprint density at radius 2 is 2.16 bits per heavy atom. The first-order valence-electron chi connectivity index (χ1n) is 7.04. The average molecular weight is 270 g/mol. The van der Waals surface area contributed by atoms with Crippen LogP contribution in [0, 0.1) is 5.92 Å². The third-order valence-corrected chi connectivity index (χ3v) is 3.22. The molecule has 0 radical (unpaired) electrons. The van der Waals surface area contributed by atoms with Crippen molar-refractivity contribution in [2.45, 2.75) is 39.2 Å². The normalized spacial score (nSPS) is 20.3. The second-order valence-electron chi connectivity index (χ2n) is 5.50. The van der Waals surface area contributed by atoms with Gasteiger partial charge in [-0.05, 0) is 52.1 Å². The lowest BCUT2D eigenvalue weighted by molar-refractivity contribution is -0.121. The summed E-state index contributed by atoms with van der Waals surface area (Å²) in [6.45, 7) is 6.50. The number of likely N-dealkylation sites (tertiary alicyclic amines) is 1. The number of urea groups is 1. The van der Waals surface area contributed by atoms with Gasteiger partial charge >= 0.3 is 6.03 Å². The Hall–Kier alpha value is -1.14. The van der Waals surface area contributed by atoms with Crippen molar-refractivity contribution < 1.29 is 9.59 Å². The number of hydrogen-bond acceptors (Lipinski definition) is 4. The summed E-state index contributed by atoms with van der Waals surface area (Å²) in [5.74, 6) is 0.336. The minimum Gasteiger partial charge on any atom is -0.336 e. The van der Waals surface area contributed by atoms with Crippen LogP contribution in [0.3, 0.4) is 0 Å². The van der Waals surface area contributed by atoms with Crippen LogP contribution in [0.2, 0.25) is 0 Å². The SMILES string of the molecule is CC(C)NC(=O)NC(=O)CN1CCCC(CCN)C1. The maximum atomic E-state index is 11.7. The summed E-state index contributed by atoms with van der Waals surface area (Å²) < 4.78 is 0. The number of amides is 3. The van der Waals surface area contributed by atoms with Crippen LogP contribution in [0.4, 0.5) is 4.79 Å². The van der Waals surface area contributed by atoms with Crippen LogP contribution >= 0.6 is 0 Å². The molecule has 1 heterocycles. The highest BCUT2D eigenvalue weighted by Crippen LogP contribution is 2.18. The molecule has 1 rings (SSSR count). The van der Waals surface area contributed by atoms with Gasteiger partial charge in [0.2, 0.25) is 5.91 Å². The van der Waals surface area contributed by atoms with Crippen molar-refractivity contribution in [2.75, 3.05) is 26.2 Å². The molecular weight excluding hydrogens is 244 g/mol. The van der Waals surface area contributed by atoms with Crippen molar-refractivity contribution in [1.82, 2.24) is 15.5 Å². The monoisotopic (exact) mass is 270 g/mol. The first-order chi connectivity index (χ1) is 9.01. The smallest absolute Gasteiger partial charge is 0.321 e. The number of carbonyl (C=O) groups is 2. The van der Waals surface area contributed by atoms with E-state index in [1.807, 2.05) is 13.8 Å². The molecule has 19 heavy (non-hydrogen) atoms. The number of carbonyl (C=O) groups excluding carboxylic acids is 2. The molecule has 1 unspecified atom stereocenters. The van der Waals surface area contributed by atoms with Gasteiger partial charge in [-0.1, -0.05) is 0 Å². The Labute approximate surface area is 115 Å². The van der Waals surface area contributed by atoms with Gasteiger partial charge in [-0.2, -0.15) is 0 Å². The van der Waals surface area contributed by atoms with Crippen molar-refractivity contribution in [2.24, 2.45) is 11.7 Å². The summed E-state index contributed by atoms with van der Waals surface area (Å²) in [5, 5.41) is 4.98. The fraction of sp³-hybridized carbons (Fsp3) is 0.846. The van der Waals surface area contributed by atoms with Gasteiger partial charge in [-0.25, -0.2) is 4.79 Å². The summed E-state index contributed by atoms with van der Waals surface area (Å²) in [6.07, 6.45) is 3.28. The van der Waals surface area contributed by atoms with E-state index in [1.165, 1.54) is 6.42 Å². The Balaban J connectivity index is 2.29. The van der Waals surface area contributed by atoms with Crippen molar-refractivity contribution >= 4 is 11.9 Å². The average Bonchev–Trinajstić information content (AvgIpc) is 2.28. The molecule has 1 atom stereocenters. The van der Waals surface area contributed by atoms with Crippen molar-refractivity contribution in [3.8, 4) is 0 Å². The largest absolute Gasteiger partial charge is 0.336 e. The van der Waals surface area contributed by atoms with E-state index in [0.29, 0.717) is 12.5 Å². The molecule has 0 aromatic carbocycles. The first-order valence-corrected chi connectivity index (χ1v) is 7.04. The quantitative estimate of drug-likeness (QED) is 0.669. The van der Waals surface area contributed by atoms with Crippen LogP contribution < -0.4 is 16.4 Å². The molecule has 1 saturated heterocycles. The fourth-order valence-electron chi connectivity index (χ4n) is 2.43. The van der Waals surface area contributed by atoms with Gasteiger partial charge in [0.25, 0.3) is 0 Å². The lowest BCUT2D eigenvalue weighted by Crippen LogP contribution is -2.48. The van der Waals surface area contributed by atoms with E-state index in [2.05, 4.69) is 15.5 Å². The molecule has 1 aliphatic heterocycles. The van der Waals surface area contributed by atoms with E-state index in [-0.39, 0.29) is 18.5 Å². The number of nitrogens with two attached hydrogens (primary N) is 1. The highest BCUT2D eigenvalue weighted by Gasteiger charge is 2.21. The highest BCUT2D eigenvalue weighted by molar-refractivity contribution is 5.95. The maximum Gasteiger partial charge on any atom is 0.321 e. The van der Waals surface area contributed by atoms with Crippen LogP contribution in [0.15, 0.2) is 0 Å². The zero-order valence-electron chi connectivity index (χ0n) is 11.9. The number of rotatable bonds is 5. The molecule has 6 nitrogen and oxygen atoms in total. The Bertz CT molecular complexity index is 305. The molecule has 0 spiro atoms. The standard InChI is InChI=1S/C13H26N4O2/c1-10(2)15-13(19)16-12(18)9-17-7-3-4-11(8-17)5-6-14/h10-11H,3-9,14H2,1-2H3,(H2,15,16,18,19). The number of imide groups is 1. The molecule has 110 valence electrons. The molecule has 4 N–H and O–H groups in total. The van der Waals surface area contributed by atoms with Gasteiger partial charge in [0, 0.05) is 12.6 Å². The summed E-state index contributed by atoms with van der Waals surface area (Å²) in [5.41, 5.74) is 5.57. The first kappa shape index (κ1) is 15.9. The third kappa shape index (κ3) is 6.54. The summed E-state index contributed by atoms with van der Waals surface area (Å²) in [6, 6.07) is -0.396. The molecule has 3 amide bonds. The van der Waals surface area contributed by atoms with Crippen molar-refractivity contribution in [3.63, 3.8) is 0 Å². The molecule has 6 heteroatoms. The van der Waals surface area contributed by atoms with Gasteiger partial charge in [0.05, 0.1) is 6.54 Å². The molecule has 0 aromatic rings. The highest BCUT2D eigenvalue weighted by atomic mass is 16.2. The van der Waals surface area contributed by atoms with Gasteiger partial charge in [0.1, 0.15) is 0 Å². The minimum atomic E-state index is -0.421. The topological polar surface area (TPSA) is 87.5 Å². The minimum absolute atomic E-state index is 0.0247. The zero-order chi connectivity index (χ0) is 14.3. The second kappa shape index (κ2) is 8.12. The van der Waals surface area contributed by atoms with Crippen LogP contribution in [0.25, 0.3) is 0 Å². The Morgan fingerprint density at radius 3 is 2.79 bits per heavy atom. The third-order valence-electron chi connectivity index (χ3n) is 3.22. The van der Waals surface area contributed by atoms with Gasteiger partial charge in [0.15, 0.2) is 0 Å². The summed E-state index contributed by atoms with van der Waals surface area (Å²) in [7, 11) is 0. The fourth-order valence-corrected chi connectivity index (χ4v) is 2.43. The molecule has 0 aliphatic carbocycles. The molecular formula is C13H26N4O2. The van der Waals surface area contributed by atoms with E-state index in [1.54, 1.807) is 0 Å². The summed E-state index contributed by atoms with van der Waals surface area (Å²) >= 11 is 0. The predicted molar refractivity (Wildman–Crippen MR) is 74.6 cm³/mol. The molecule has 0 bridgehead atoms. The summed E-state index contributed by atoms with van der Waals surface area (Å²) in [4.78, 5) is 25.2. The molecule has 0 aromatic heterocycles. The molecule has 1 fully saturated rings. The molecule has 0 saturated carbocycles. The second-order valence-corrected chi connectivity index (χ2v) is 5.50.